The quantitative estimate of drug-likeness (QED) is 0.784. The molecule has 2 aromatic rings. The third kappa shape index (κ3) is 4.82. The van der Waals surface area contributed by atoms with E-state index < -0.39 is 24.1 Å². The summed E-state index contributed by atoms with van der Waals surface area (Å²) in [6.07, 6.45) is -1.99. The van der Waals surface area contributed by atoms with Crippen LogP contribution in [0.3, 0.4) is 0 Å². The molecule has 2 atom stereocenters. The minimum atomic E-state index is -1.05. The van der Waals surface area contributed by atoms with Gasteiger partial charge in [-0.2, -0.15) is 10.5 Å². The molecule has 1 aromatic carbocycles. The molecule has 0 spiro atoms. The van der Waals surface area contributed by atoms with Crippen LogP contribution in [0.5, 0.6) is 5.75 Å². The number of hydrogen-bond acceptors (Lipinski definition) is 7. The Balaban J connectivity index is 1.89. The standard InChI is InChI=1S/C18H15N3O4S/c1-11(16(22)21-17-14(10-20)7-8-26-17)25-18(23)12(2)24-15-5-3-13(9-19)4-6-15/h3-8,11-12H,1-2H3,(H,21,22)/t11-,12+/m1/s1. The third-order valence-corrected chi connectivity index (χ3v) is 4.14. The molecule has 0 unspecified atom stereocenters. The zero-order valence-corrected chi connectivity index (χ0v) is 14.9. The van der Waals surface area contributed by atoms with E-state index in [-0.39, 0.29) is 0 Å². The number of thiophene rings is 1. The Labute approximate surface area is 154 Å². The van der Waals surface area contributed by atoms with Crippen molar-refractivity contribution < 1.29 is 19.1 Å². The van der Waals surface area contributed by atoms with Crippen LogP contribution in [-0.2, 0) is 14.3 Å². The summed E-state index contributed by atoms with van der Waals surface area (Å²) >= 11 is 1.21. The smallest absolute Gasteiger partial charge is 0.347 e. The van der Waals surface area contributed by atoms with E-state index in [1.807, 2.05) is 12.1 Å². The van der Waals surface area contributed by atoms with Crippen molar-refractivity contribution in [2.45, 2.75) is 26.1 Å². The van der Waals surface area contributed by atoms with Crippen molar-refractivity contribution >= 4 is 28.2 Å². The highest BCUT2D eigenvalue weighted by Gasteiger charge is 2.24. The van der Waals surface area contributed by atoms with E-state index in [9.17, 15) is 9.59 Å². The van der Waals surface area contributed by atoms with Gasteiger partial charge < -0.3 is 14.8 Å². The van der Waals surface area contributed by atoms with Gasteiger partial charge in [0.15, 0.2) is 12.2 Å². The van der Waals surface area contributed by atoms with Gasteiger partial charge in [-0.25, -0.2) is 4.79 Å². The number of anilines is 1. The van der Waals surface area contributed by atoms with Crippen molar-refractivity contribution in [3.8, 4) is 17.9 Å². The average molecular weight is 369 g/mol. The van der Waals surface area contributed by atoms with Crippen LogP contribution in [0, 0.1) is 22.7 Å². The van der Waals surface area contributed by atoms with E-state index in [4.69, 9.17) is 20.0 Å². The zero-order chi connectivity index (χ0) is 19.1. The second-order valence-corrected chi connectivity index (χ2v) is 6.16. The summed E-state index contributed by atoms with van der Waals surface area (Å²) in [4.78, 5) is 24.2. The molecular formula is C18H15N3O4S. The minimum absolute atomic E-state index is 0.347. The van der Waals surface area contributed by atoms with Crippen molar-refractivity contribution in [2.24, 2.45) is 0 Å². The number of nitriles is 2. The van der Waals surface area contributed by atoms with Crippen molar-refractivity contribution in [1.29, 1.82) is 10.5 Å². The lowest BCUT2D eigenvalue weighted by molar-refractivity contribution is -0.159. The predicted molar refractivity (Wildman–Crippen MR) is 94.5 cm³/mol. The van der Waals surface area contributed by atoms with Crippen LogP contribution in [-0.4, -0.2) is 24.1 Å². The van der Waals surface area contributed by atoms with Gasteiger partial charge in [0, 0.05) is 0 Å². The van der Waals surface area contributed by atoms with Crippen LogP contribution in [0.15, 0.2) is 35.7 Å². The summed E-state index contributed by atoms with van der Waals surface area (Å²) < 4.78 is 10.5. The Morgan fingerprint density at radius 2 is 1.77 bits per heavy atom. The van der Waals surface area contributed by atoms with Crippen molar-refractivity contribution in [1.82, 2.24) is 0 Å². The van der Waals surface area contributed by atoms with Crippen molar-refractivity contribution in [2.75, 3.05) is 5.32 Å². The molecule has 7 nitrogen and oxygen atoms in total. The molecule has 0 fully saturated rings. The number of hydrogen-bond donors (Lipinski definition) is 1. The van der Waals surface area contributed by atoms with E-state index in [2.05, 4.69) is 5.32 Å². The highest BCUT2D eigenvalue weighted by atomic mass is 32.1. The Hall–Kier alpha value is -3.36. The van der Waals surface area contributed by atoms with Crippen LogP contribution in [0.25, 0.3) is 0 Å². The van der Waals surface area contributed by atoms with Gasteiger partial charge in [0.25, 0.3) is 5.91 Å². The molecule has 8 heteroatoms. The van der Waals surface area contributed by atoms with E-state index >= 15 is 0 Å². The summed E-state index contributed by atoms with van der Waals surface area (Å²) in [6, 6.07) is 11.8. The molecule has 26 heavy (non-hydrogen) atoms. The average Bonchev–Trinajstić information content (AvgIpc) is 3.09. The Kier molecular flexibility index (Phi) is 6.31. The number of nitrogens with one attached hydrogen (secondary N) is 1. The first-order valence-electron chi connectivity index (χ1n) is 7.60. The number of ether oxygens (including phenoxy) is 2. The summed E-state index contributed by atoms with van der Waals surface area (Å²) in [5.41, 5.74) is 0.822. The fourth-order valence-electron chi connectivity index (χ4n) is 1.89. The maximum atomic E-state index is 12.1. The first-order valence-corrected chi connectivity index (χ1v) is 8.48. The van der Waals surface area contributed by atoms with Crippen molar-refractivity contribution in [3.05, 3.63) is 46.8 Å². The lowest BCUT2D eigenvalue weighted by Gasteiger charge is -2.17. The summed E-state index contributed by atoms with van der Waals surface area (Å²) in [6.45, 7) is 2.93. The van der Waals surface area contributed by atoms with Gasteiger partial charge in [-0.05, 0) is 49.6 Å². The molecular weight excluding hydrogens is 354 g/mol. The number of nitrogens with zero attached hydrogens (tertiary/aromatic N) is 2. The molecule has 2 rings (SSSR count). The molecule has 1 aromatic heterocycles. The summed E-state index contributed by atoms with van der Waals surface area (Å²) in [5.74, 6) is -0.839. The highest BCUT2D eigenvalue weighted by molar-refractivity contribution is 7.14. The van der Waals surface area contributed by atoms with Crippen molar-refractivity contribution in [3.63, 3.8) is 0 Å². The van der Waals surface area contributed by atoms with Gasteiger partial charge in [-0.3, -0.25) is 4.79 Å². The van der Waals surface area contributed by atoms with E-state index in [0.29, 0.717) is 21.9 Å². The van der Waals surface area contributed by atoms with E-state index in [1.54, 1.807) is 35.7 Å². The lowest BCUT2D eigenvalue weighted by Crippen LogP contribution is -2.35. The number of carbonyl (C=O) groups is 2. The Morgan fingerprint density at radius 1 is 1.08 bits per heavy atom. The van der Waals surface area contributed by atoms with Gasteiger partial charge in [0.2, 0.25) is 0 Å². The molecule has 1 amide bonds. The first kappa shape index (κ1) is 19.0. The molecule has 0 saturated carbocycles. The van der Waals surface area contributed by atoms with Gasteiger partial charge >= 0.3 is 5.97 Å². The number of amides is 1. The topological polar surface area (TPSA) is 112 Å². The zero-order valence-electron chi connectivity index (χ0n) is 14.1. The molecule has 0 aliphatic heterocycles. The fraction of sp³-hybridized carbons (Fsp3) is 0.222. The second-order valence-electron chi connectivity index (χ2n) is 5.24. The molecule has 0 radical (unpaired) electrons. The Morgan fingerprint density at radius 3 is 2.38 bits per heavy atom. The lowest BCUT2D eigenvalue weighted by atomic mass is 10.2. The van der Waals surface area contributed by atoms with Gasteiger partial charge in [0.05, 0.1) is 17.2 Å². The van der Waals surface area contributed by atoms with E-state index in [1.165, 1.54) is 25.2 Å². The summed E-state index contributed by atoms with van der Waals surface area (Å²) in [7, 11) is 0. The van der Waals surface area contributed by atoms with Crippen LogP contribution < -0.4 is 10.1 Å². The normalized spacial score (nSPS) is 12.2. The molecule has 0 aliphatic carbocycles. The highest BCUT2D eigenvalue weighted by Crippen LogP contribution is 2.22. The van der Waals surface area contributed by atoms with Gasteiger partial charge in [0.1, 0.15) is 16.8 Å². The molecule has 1 N–H and O–H groups in total. The number of carbonyl (C=O) groups excluding carboxylic acids is 2. The number of benzene rings is 1. The van der Waals surface area contributed by atoms with Crippen LogP contribution in [0.1, 0.15) is 25.0 Å². The Bertz CT molecular complexity index is 877. The summed E-state index contributed by atoms with van der Waals surface area (Å²) in [5, 5.41) is 22.3. The first-order chi connectivity index (χ1) is 12.4. The fourth-order valence-corrected chi connectivity index (χ4v) is 2.63. The van der Waals surface area contributed by atoms with Gasteiger partial charge in [-0.15, -0.1) is 11.3 Å². The number of esters is 1. The minimum Gasteiger partial charge on any atom is -0.479 e. The molecule has 0 saturated heterocycles. The second kappa shape index (κ2) is 8.65. The largest absolute Gasteiger partial charge is 0.479 e. The molecule has 132 valence electrons. The molecule has 0 bridgehead atoms. The molecule has 1 heterocycles. The van der Waals surface area contributed by atoms with Crippen LogP contribution >= 0.6 is 11.3 Å². The van der Waals surface area contributed by atoms with Gasteiger partial charge in [-0.1, -0.05) is 0 Å². The SMILES string of the molecule is C[C@H](Oc1ccc(C#N)cc1)C(=O)O[C@H](C)C(=O)Nc1sccc1C#N. The third-order valence-electron chi connectivity index (χ3n) is 3.31. The number of rotatable bonds is 6. The maximum absolute atomic E-state index is 12.1. The van der Waals surface area contributed by atoms with E-state index in [0.717, 1.165) is 0 Å². The predicted octanol–water partition coefficient (Wildman–Crippen LogP) is 2.83. The van der Waals surface area contributed by atoms with Crippen LogP contribution in [0.4, 0.5) is 5.00 Å². The maximum Gasteiger partial charge on any atom is 0.347 e. The molecule has 0 aliphatic rings. The van der Waals surface area contributed by atoms with Crippen LogP contribution in [0.2, 0.25) is 0 Å². The monoisotopic (exact) mass is 369 g/mol.